The van der Waals surface area contributed by atoms with Crippen molar-refractivity contribution in [3.05, 3.63) is 132 Å². The first-order valence-corrected chi connectivity index (χ1v) is 12.0. The Morgan fingerprint density at radius 2 is 1.05 bits per heavy atom. The van der Waals surface area contributed by atoms with Gasteiger partial charge in [0, 0.05) is 45.1 Å². The summed E-state index contributed by atoms with van der Waals surface area (Å²) in [6.45, 7) is -0.620. The minimum atomic E-state index is -2.01. The molecule has 0 unspecified atom stereocenters. The quantitative estimate of drug-likeness (QED) is 0.223. The van der Waals surface area contributed by atoms with Crippen LogP contribution in [0.2, 0.25) is 0 Å². The van der Waals surface area contributed by atoms with E-state index in [-0.39, 0.29) is 42.9 Å². The average Bonchev–Trinajstić information content (AvgIpc) is 3.51. The fourth-order valence-electron chi connectivity index (χ4n) is 4.37. The van der Waals surface area contributed by atoms with Gasteiger partial charge in [-0.25, -0.2) is 35.5 Å². The van der Waals surface area contributed by atoms with Gasteiger partial charge in [-0.2, -0.15) is 0 Å². The number of benzene rings is 3. The summed E-state index contributed by atoms with van der Waals surface area (Å²) in [5, 5.41) is 20.0. The number of hydrogen-bond acceptors (Lipinski definition) is 3. The molecule has 2 heterocycles. The van der Waals surface area contributed by atoms with Crippen LogP contribution in [0.1, 0.15) is 16.7 Å². The number of aromatic nitrogens is 6. The van der Waals surface area contributed by atoms with E-state index in [0.29, 0.717) is 6.07 Å². The second-order valence-electron chi connectivity index (χ2n) is 9.36. The third kappa shape index (κ3) is 6.04. The lowest BCUT2D eigenvalue weighted by Crippen LogP contribution is -2.39. The molecular formula is C27H22F6N6O+2. The van der Waals surface area contributed by atoms with Crippen LogP contribution in [-0.4, -0.2) is 24.7 Å². The number of aliphatic hydroxyl groups is 1. The lowest BCUT2D eigenvalue weighted by Gasteiger charge is -2.24. The highest BCUT2D eigenvalue weighted by Gasteiger charge is 2.39. The Bertz CT molecular complexity index is 1580. The van der Waals surface area contributed by atoms with Gasteiger partial charge in [0.1, 0.15) is 48.0 Å². The molecule has 0 spiro atoms. The molecule has 0 aliphatic rings. The number of nitrogens with zero attached hydrogens (tertiary/aromatic N) is 6. The maximum Gasteiger partial charge on any atom is 0.265 e. The predicted molar refractivity (Wildman–Crippen MR) is 126 cm³/mol. The van der Waals surface area contributed by atoms with Crippen LogP contribution >= 0.6 is 0 Å². The molecule has 0 saturated heterocycles. The van der Waals surface area contributed by atoms with Crippen molar-refractivity contribution in [2.45, 2.75) is 31.8 Å². The Kier molecular flexibility index (Phi) is 7.39. The maximum atomic E-state index is 14.9. The van der Waals surface area contributed by atoms with Crippen LogP contribution in [0.15, 0.2) is 79.9 Å². The Morgan fingerprint density at radius 3 is 1.48 bits per heavy atom. The molecule has 206 valence electrons. The summed E-state index contributed by atoms with van der Waals surface area (Å²) >= 11 is 0. The van der Waals surface area contributed by atoms with Gasteiger partial charge in [-0.1, -0.05) is 6.07 Å². The fraction of sp³-hybridized carbons (Fsp3) is 0.185. The van der Waals surface area contributed by atoms with Crippen molar-refractivity contribution in [3.8, 4) is 0 Å². The molecule has 5 rings (SSSR count). The molecule has 0 bridgehead atoms. The first-order valence-electron chi connectivity index (χ1n) is 12.0. The van der Waals surface area contributed by atoms with Crippen LogP contribution in [0.25, 0.3) is 0 Å². The molecule has 0 amide bonds. The summed E-state index contributed by atoms with van der Waals surface area (Å²) in [6, 6.07) is 9.12. The van der Waals surface area contributed by atoms with Crippen LogP contribution < -0.4 is 9.13 Å². The van der Waals surface area contributed by atoms with Crippen LogP contribution in [0.4, 0.5) is 26.3 Å². The van der Waals surface area contributed by atoms with Crippen molar-refractivity contribution in [1.82, 2.24) is 19.6 Å². The lowest BCUT2D eigenvalue weighted by molar-refractivity contribution is -0.689. The first kappa shape index (κ1) is 27.1. The van der Waals surface area contributed by atoms with E-state index in [0.717, 1.165) is 36.4 Å². The highest BCUT2D eigenvalue weighted by atomic mass is 19.2. The van der Waals surface area contributed by atoms with E-state index in [9.17, 15) is 31.4 Å². The van der Waals surface area contributed by atoms with Gasteiger partial charge in [-0.3, -0.25) is 0 Å². The zero-order valence-corrected chi connectivity index (χ0v) is 20.7. The molecule has 0 atom stereocenters. The van der Waals surface area contributed by atoms with E-state index in [1.807, 2.05) is 0 Å². The first-order chi connectivity index (χ1) is 19.1. The number of halogens is 6. The minimum absolute atomic E-state index is 0.00848. The molecule has 0 fully saturated rings. The molecule has 0 aliphatic carbocycles. The lowest BCUT2D eigenvalue weighted by atomic mass is 9.93. The summed E-state index contributed by atoms with van der Waals surface area (Å²) in [7, 11) is 0. The van der Waals surface area contributed by atoms with Gasteiger partial charge >= 0.3 is 0 Å². The highest BCUT2D eigenvalue weighted by Crippen LogP contribution is 2.28. The van der Waals surface area contributed by atoms with Gasteiger partial charge in [0.05, 0.1) is 13.1 Å². The van der Waals surface area contributed by atoms with Crippen LogP contribution in [0.3, 0.4) is 0 Å². The van der Waals surface area contributed by atoms with Crippen molar-refractivity contribution >= 4 is 0 Å². The smallest absolute Gasteiger partial charge is 0.265 e. The molecular weight excluding hydrogens is 538 g/mol. The van der Waals surface area contributed by atoms with E-state index < -0.39 is 40.5 Å². The minimum Gasteiger partial charge on any atom is -0.378 e. The third-order valence-corrected chi connectivity index (χ3v) is 6.28. The van der Waals surface area contributed by atoms with E-state index in [4.69, 9.17) is 0 Å². The Hall–Kier alpha value is -4.52. The molecule has 5 aromatic rings. The van der Waals surface area contributed by atoms with Gasteiger partial charge in [-0.05, 0) is 30.3 Å². The van der Waals surface area contributed by atoms with Gasteiger partial charge in [0.2, 0.25) is 12.7 Å². The highest BCUT2D eigenvalue weighted by molar-refractivity contribution is 5.25. The monoisotopic (exact) mass is 560 g/mol. The number of hydrogen-bond donors (Lipinski definition) is 1. The molecule has 7 nitrogen and oxygen atoms in total. The second-order valence-corrected chi connectivity index (χ2v) is 9.36. The zero-order valence-electron chi connectivity index (χ0n) is 20.7. The molecule has 40 heavy (non-hydrogen) atoms. The molecule has 13 heteroatoms. The van der Waals surface area contributed by atoms with Crippen molar-refractivity contribution < 1.29 is 40.6 Å². The van der Waals surface area contributed by atoms with E-state index in [1.54, 1.807) is 0 Å². The number of rotatable bonds is 9. The summed E-state index contributed by atoms with van der Waals surface area (Å²) < 4.78 is 88.7. The van der Waals surface area contributed by atoms with E-state index >= 15 is 0 Å². The standard InChI is InChI=1S/C27H22F6N6O/c28-20-3-1-18(24(31)7-20)10-36-14-34-38(16-36)12-27(40,23-6-5-22(30)9-26(23)33)13-39-17-37(15-35-39)11-19-2-4-21(29)8-25(19)32/h1-9,14-17,40H,10-13H2/q+2. The second kappa shape index (κ2) is 10.9. The normalized spacial score (nSPS) is 11.8. The van der Waals surface area contributed by atoms with Gasteiger partial charge < -0.3 is 5.11 Å². The SMILES string of the molecule is OC(Cn1c[n+](Cc2ccc(F)cc2F)cn1)(Cn1c[n+](Cc2ccc(F)cc2F)cn1)c1ccc(F)cc1F. The third-order valence-electron chi connectivity index (χ3n) is 6.28. The molecule has 0 aliphatic heterocycles. The molecule has 0 radical (unpaired) electrons. The summed E-state index contributed by atoms with van der Waals surface area (Å²) in [5.74, 6) is -4.73. The zero-order chi connectivity index (χ0) is 28.4. The van der Waals surface area contributed by atoms with Crippen molar-refractivity contribution in [2.75, 3.05) is 0 Å². The summed E-state index contributed by atoms with van der Waals surface area (Å²) in [5.41, 5.74) is -1.84. The average molecular weight is 561 g/mol. The van der Waals surface area contributed by atoms with E-state index in [2.05, 4.69) is 10.2 Å². The molecule has 0 saturated carbocycles. The molecule has 3 aromatic carbocycles. The Labute approximate surface area is 223 Å². The van der Waals surface area contributed by atoms with Crippen molar-refractivity contribution in [1.29, 1.82) is 0 Å². The van der Waals surface area contributed by atoms with Gasteiger partial charge in [-0.15, -0.1) is 9.36 Å². The Balaban J connectivity index is 1.40. The predicted octanol–water partition coefficient (Wildman–Crippen LogP) is 3.17. The molecule has 2 aromatic heterocycles. The maximum absolute atomic E-state index is 14.9. The fourth-order valence-corrected chi connectivity index (χ4v) is 4.37. The van der Waals surface area contributed by atoms with Gasteiger partial charge in [0.15, 0.2) is 5.60 Å². The molecule has 1 N–H and O–H groups in total. The van der Waals surface area contributed by atoms with Crippen LogP contribution in [-0.2, 0) is 31.8 Å². The Morgan fingerprint density at radius 1 is 0.625 bits per heavy atom. The van der Waals surface area contributed by atoms with Crippen molar-refractivity contribution in [2.24, 2.45) is 0 Å². The van der Waals surface area contributed by atoms with Gasteiger partial charge in [0.25, 0.3) is 12.7 Å². The van der Waals surface area contributed by atoms with E-state index in [1.165, 1.54) is 55.9 Å². The summed E-state index contributed by atoms with van der Waals surface area (Å²) in [6.07, 6.45) is 5.58. The summed E-state index contributed by atoms with van der Waals surface area (Å²) in [4.78, 5) is 0. The topological polar surface area (TPSA) is 63.6 Å². The largest absolute Gasteiger partial charge is 0.378 e. The van der Waals surface area contributed by atoms with Crippen LogP contribution in [0, 0.1) is 34.9 Å². The van der Waals surface area contributed by atoms with Crippen LogP contribution in [0.5, 0.6) is 0 Å². The van der Waals surface area contributed by atoms with Crippen molar-refractivity contribution in [3.63, 3.8) is 0 Å².